The van der Waals surface area contributed by atoms with E-state index in [-0.39, 0.29) is 18.0 Å². The minimum Gasteiger partial charge on any atom is -0.493 e. The number of carbonyl (C=O) groups is 1. The predicted octanol–water partition coefficient (Wildman–Crippen LogP) is 4.44. The van der Waals surface area contributed by atoms with E-state index >= 15 is 0 Å². The molecule has 1 saturated heterocycles. The normalized spacial score (nSPS) is 21.3. The van der Waals surface area contributed by atoms with Gasteiger partial charge in [0.25, 0.3) is 5.91 Å². The topological polar surface area (TPSA) is 44.8 Å². The number of carbonyl (C=O) groups excluding carboxylic acids is 1. The number of ether oxygens (including phenoxy) is 1. The fourth-order valence-electron chi connectivity index (χ4n) is 4.50. The van der Waals surface area contributed by atoms with Crippen LogP contribution >= 0.6 is 11.6 Å². The van der Waals surface area contributed by atoms with E-state index in [9.17, 15) is 4.79 Å². The van der Waals surface area contributed by atoms with Gasteiger partial charge in [-0.1, -0.05) is 23.7 Å². The van der Waals surface area contributed by atoms with Crippen LogP contribution in [0.5, 0.6) is 5.75 Å². The van der Waals surface area contributed by atoms with Crippen LogP contribution in [0.4, 0.5) is 5.69 Å². The van der Waals surface area contributed by atoms with Crippen LogP contribution in [0.2, 0.25) is 5.02 Å². The molecule has 2 atom stereocenters. The number of fused-ring (bicyclic) bond motifs is 1. The Bertz CT molecular complexity index is 933. The molecule has 1 amide bonds. The Morgan fingerprint density at radius 3 is 2.80 bits per heavy atom. The molecule has 0 saturated carbocycles. The number of hydrogen-bond acceptors (Lipinski definition) is 4. The highest BCUT2D eigenvalue weighted by molar-refractivity contribution is 6.30. The third-order valence-electron chi connectivity index (χ3n) is 6.10. The molecule has 4 rings (SSSR count). The molecule has 2 aromatic rings. The van der Waals surface area contributed by atoms with Gasteiger partial charge in [-0.05, 0) is 56.5 Å². The van der Waals surface area contributed by atoms with Crippen LogP contribution in [0.25, 0.3) is 0 Å². The van der Waals surface area contributed by atoms with Crippen LogP contribution in [-0.4, -0.2) is 54.0 Å². The third kappa shape index (κ3) is 4.28. The second kappa shape index (κ2) is 8.86. The van der Waals surface area contributed by atoms with E-state index in [4.69, 9.17) is 16.3 Å². The molecule has 0 bridgehead atoms. The fourth-order valence-corrected chi connectivity index (χ4v) is 4.71. The first kappa shape index (κ1) is 21.0. The Kier molecular flexibility index (Phi) is 6.21. The van der Waals surface area contributed by atoms with Gasteiger partial charge in [-0.3, -0.25) is 9.69 Å². The molecule has 0 radical (unpaired) electrons. The van der Waals surface area contributed by atoms with Crippen molar-refractivity contribution >= 4 is 23.2 Å². The summed E-state index contributed by atoms with van der Waals surface area (Å²) in [4.78, 5) is 18.0. The molecular formula is C24H30ClN3O2. The summed E-state index contributed by atoms with van der Waals surface area (Å²) in [6.45, 7) is 10.1. The summed E-state index contributed by atoms with van der Waals surface area (Å²) in [5.41, 5.74) is 4.16. The SMILES string of the molecule is CCOc1cc2c(cc1C(=O)N1C[C@H](C)N(Cc3cccc(Cl)c3)C[C@H]1C)CCN2. The number of anilines is 1. The van der Waals surface area contributed by atoms with Gasteiger partial charge in [0.05, 0.1) is 12.2 Å². The zero-order valence-corrected chi connectivity index (χ0v) is 18.7. The van der Waals surface area contributed by atoms with Gasteiger partial charge < -0.3 is 15.0 Å². The van der Waals surface area contributed by atoms with Gasteiger partial charge in [0.1, 0.15) is 5.75 Å². The predicted molar refractivity (Wildman–Crippen MR) is 122 cm³/mol. The molecule has 160 valence electrons. The molecule has 2 aromatic carbocycles. The summed E-state index contributed by atoms with van der Waals surface area (Å²) in [5, 5.41) is 4.13. The van der Waals surface area contributed by atoms with Crippen molar-refractivity contribution in [2.75, 3.05) is 31.6 Å². The maximum Gasteiger partial charge on any atom is 0.257 e. The molecule has 2 aliphatic heterocycles. The van der Waals surface area contributed by atoms with Crippen LogP contribution in [-0.2, 0) is 13.0 Å². The number of piperazine rings is 1. The summed E-state index contributed by atoms with van der Waals surface area (Å²) >= 11 is 6.15. The highest BCUT2D eigenvalue weighted by Crippen LogP contribution is 2.33. The molecule has 5 nitrogen and oxygen atoms in total. The zero-order valence-electron chi connectivity index (χ0n) is 18.0. The molecule has 0 aromatic heterocycles. The van der Waals surface area contributed by atoms with E-state index in [1.165, 1.54) is 11.1 Å². The van der Waals surface area contributed by atoms with Gasteiger partial charge in [-0.25, -0.2) is 0 Å². The molecule has 6 heteroatoms. The average molecular weight is 428 g/mol. The lowest BCUT2D eigenvalue weighted by atomic mass is 10.0. The molecule has 2 heterocycles. The van der Waals surface area contributed by atoms with Crippen LogP contribution in [0.1, 0.15) is 42.3 Å². The Morgan fingerprint density at radius 1 is 1.20 bits per heavy atom. The third-order valence-corrected chi connectivity index (χ3v) is 6.33. The second-order valence-electron chi connectivity index (χ2n) is 8.33. The van der Waals surface area contributed by atoms with Crippen LogP contribution < -0.4 is 10.1 Å². The molecule has 30 heavy (non-hydrogen) atoms. The van der Waals surface area contributed by atoms with Crippen molar-refractivity contribution in [3.05, 3.63) is 58.1 Å². The number of hydrogen-bond donors (Lipinski definition) is 1. The van der Waals surface area contributed by atoms with Crippen molar-refractivity contribution < 1.29 is 9.53 Å². The number of amides is 1. The van der Waals surface area contributed by atoms with E-state index in [1.807, 2.05) is 42.2 Å². The molecule has 0 aliphatic carbocycles. The number of halogens is 1. The first-order chi connectivity index (χ1) is 14.5. The van der Waals surface area contributed by atoms with Crippen molar-refractivity contribution in [2.24, 2.45) is 0 Å². The summed E-state index contributed by atoms with van der Waals surface area (Å²) in [5.74, 6) is 0.742. The second-order valence-corrected chi connectivity index (χ2v) is 8.77. The lowest BCUT2D eigenvalue weighted by Crippen LogP contribution is -2.57. The monoisotopic (exact) mass is 427 g/mol. The maximum atomic E-state index is 13.6. The minimum atomic E-state index is 0.0647. The summed E-state index contributed by atoms with van der Waals surface area (Å²) < 4.78 is 5.84. The zero-order chi connectivity index (χ0) is 21.3. The Hall–Kier alpha value is -2.24. The van der Waals surface area contributed by atoms with E-state index in [0.717, 1.165) is 36.8 Å². The van der Waals surface area contributed by atoms with Crippen molar-refractivity contribution in [1.82, 2.24) is 9.80 Å². The number of rotatable bonds is 5. The lowest BCUT2D eigenvalue weighted by Gasteiger charge is -2.44. The number of benzene rings is 2. The van der Waals surface area contributed by atoms with Gasteiger partial charge in [-0.2, -0.15) is 0 Å². The molecule has 1 fully saturated rings. The number of nitrogens with zero attached hydrogens (tertiary/aromatic N) is 2. The molecular weight excluding hydrogens is 398 g/mol. The van der Waals surface area contributed by atoms with E-state index in [1.54, 1.807) is 0 Å². The largest absolute Gasteiger partial charge is 0.493 e. The molecule has 0 unspecified atom stereocenters. The Balaban J connectivity index is 1.52. The highest BCUT2D eigenvalue weighted by Gasteiger charge is 2.34. The van der Waals surface area contributed by atoms with E-state index in [2.05, 4.69) is 30.1 Å². The molecule has 0 spiro atoms. The lowest BCUT2D eigenvalue weighted by molar-refractivity contribution is 0.0288. The Labute approximate surface area is 184 Å². The van der Waals surface area contributed by atoms with Gasteiger partial charge >= 0.3 is 0 Å². The van der Waals surface area contributed by atoms with Crippen LogP contribution in [0.3, 0.4) is 0 Å². The van der Waals surface area contributed by atoms with Gasteiger partial charge in [-0.15, -0.1) is 0 Å². The first-order valence-electron chi connectivity index (χ1n) is 10.8. The molecule has 1 N–H and O–H groups in total. The summed E-state index contributed by atoms with van der Waals surface area (Å²) in [6, 6.07) is 12.4. The molecule has 2 aliphatic rings. The smallest absolute Gasteiger partial charge is 0.257 e. The Morgan fingerprint density at radius 2 is 2.03 bits per heavy atom. The van der Waals surface area contributed by atoms with Crippen LogP contribution in [0, 0.1) is 0 Å². The fraction of sp³-hybridized carbons (Fsp3) is 0.458. The number of nitrogens with one attached hydrogen (secondary N) is 1. The summed E-state index contributed by atoms with van der Waals surface area (Å²) in [6.07, 6.45) is 0.946. The van der Waals surface area contributed by atoms with Gasteiger partial charge in [0.15, 0.2) is 0 Å². The van der Waals surface area contributed by atoms with Crippen molar-refractivity contribution in [1.29, 1.82) is 0 Å². The van der Waals surface area contributed by atoms with Crippen molar-refractivity contribution in [3.8, 4) is 5.75 Å². The average Bonchev–Trinajstić information content (AvgIpc) is 3.17. The summed E-state index contributed by atoms with van der Waals surface area (Å²) in [7, 11) is 0. The first-order valence-corrected chi connectivity index (χ1v) is 11.2. The highest BCUT2D eigenvalue weighted by atomic mass is 35.5. The quantitative estimate of drug-likeness (QED) is 0.766. The van der Waals surface area contributed by atoms with E-state index in [0.29, 0.717) is 24.5 Å². The van der Waals surface area contributed by atoms with Crippen molar-refractivity contribution in [2.45, 2.75) is 45.8 Å². The minimum absolute atomic E-state index is 0.0647. The van der Waals surface area contributed by atoms with Gasteiger partial charge in [0.2, 0.25) is 0 Å². The van der Waals surface area contributed by atoms with E-state index < -0.39 is 0 Å². The van der Waals surface area contributed by atoms with Crippen LogP contribution in [0.15, 0.2) is 36.4 Å². The maximum absolute atomic E-state index is 13.6. The van der Waals surface area contributed by atoms with Gasteiger partial charge in [0, 0.05) is 55.0 Å². The standard InChI is InChI=1S/C24H30ClN3O2/c1-4-30-23-12-22-19(8-9-26-22)11-21(23)24(29)28-14-16(2)27(13-17(28)3)15-18-6-5-7-20(25)10-18/h5-7,10-12,16-17,26H,4,8-9,13-15H2,1-3H3/t16-,17+/m0/s1. The van der Waals surface area contributed by atoms with Crippen molar-refractivity contribution in [3.63, 3.8) is 0 Å².